The average molecular weight is 293 g/mol. The largest absolute Gasteiger partial charge is 0.380 e. The van der Waals surface area contributed by atoms with Gasteiger partial charge < -0.3 is 5.32 Å². The Morgan fingerprint density at radius 3 is 2.52 bits per heavy atom. The molecule has 3 aromatic rings. The maximum absolute atomic E-state index is 8.83. The molecular weight excluding hydrogens is 280 g/mol. The number of nitrogens with zero attached hydrogens (tertiary/aromatic N) is 1. The van der Waals surface area contributed by atoms with Gasteiger partial charge in [-0.2, -0.15) is 5.26 Å². The van der Waals surface area contributed by atoms with Crippen molar-refractivity contribution in [1.82, 2.24) is 0 Å². The zero-order chi connectivity index (χ0) is 14.7. The quantitative estimate of drug-likeness (QED) is 0.739. The van der Waals surface area contributed by atoms with Crippen LogP contribution in [0.3, 0.4) is 0 Å². The Morgan fingerprint density at radius 2 is 1.76 bits per heavy atom. The smallest absolute Gasteiger partial charge is 0.0992 e. The zero-order valence-corrected chi connectivity index (χ0v) is 12.1. The van der Waals surface area contributed by atoms with Gasteiger partial charge in [0.15, 0.2) is 0 Å². The van der Waals surface area contributed by atoms with Crippen LogP contribution in [0.2, 0.25) is 5.02 Å². The van der Waals surface area contributed by atoms with Crippen molar-refractivity contribution in [1.29, 1.82) is 5.26 Å². The number of rotatable bonds is 3. The second-order valence-corrected chi connectivity index (χ2v) is 5.25. The van der Waals surface area contributed by atoms with E-state index in [1.54, 1.807) is 12.1 Å². The summed E-state index contributed by atoms with van der Waals surface area (Å²) in [5.74, 6) is 0. The van der Waals surface area contributed by atoms with Crippen LogP contribution in [0.25, 0.3) is 10.8 Å². The number of nitriles is 1. The van der Waals surface area contributed by atoms with E-state index < -0.39 is 0 Å². The molecule has 0 aliphatic carbocycles. The van der Waals surface area contributed by atoms with Crippen LogP contribution in [0.5, 0.6) is 0 Å². The van der Waals surface area contributed by atoms with E-state index in [1.807, 2.05) is 18.2 Å². The van der Waals surface area contributed by atoms with Gasteiger partial charge in [-0.05, 0) is 40.6 Å². The van der Waals surface area contributed by atoms with E-state index in [-0.39, 0.29) is 0 Å². The number of halogens is 1. The van der Waals surface area contributed by atoms with E-state index in [4.69, 9.17) is 16.9 Å². The van der Waals surface area contributed by atoms with Crippen molar-refractivity contribution >= 4 is 28.1 Å². The highest BCUT2D eigenvalue weighted by Crippen LogP contribution is 2.24. The van der Waals surface area contributed by atoms with Gasteiger partial charge in [-0.25, -0.2) is 0 Å². The Hall–Kier alpha value is -2.50. The zero-order valence-electron chi connectivity index (χ0n) is 11.3. The molecule has 0 bridgehead atoms. The summed E-state index contributed by atoms with van der Waals surface area (Å²) in [5.41, 5.74) is 2.59. The normalized spacial score (nSPS) is 10.3. The number of anilines is 1. The lowest BCUT2D eigenvalue weighted by molar-refractivity contribution is 1.15. The number of benzene rings is 3. The molecule has 3 aromatic carbocycles. The third-order valence-corrected chi connectivity index (χ3v) is 3.71. The van der Waals surface area contributed by atoms with Crippen molar-refractivity contribution in [3.8, 4) is 6.07 Å². The van der Waals surface area contributed by atoms with E-state index in [1.165, 1.54) is 16.3 Å². The van der Waals surface area contributed by atoms with Gasteiger partial charge in [-0.1, -0.05) is 48.0 Å². The van der Waals surface area contributed by atoms with Crippen molar-refractivity contribution < 1.29 is 0 Å². The molecule has 2 nitrogen and oxygen atoms in total. The van der Waals surface area contributed by atoms with Crippen molar-refractivity contribution in [2.75, 3.05) is 5.32 Å². The van der Waals surface area contributed by atoms with Gasteiger partial charge in [-0.15, -0.1) is 0 Å². The van der Waals surface area contributed by atoms with Crippen LogP contribution in [0.1, 0.15) is 11.1 Å². The topological polar surface area (TPSA) is 35.8 Å². The predicted octanol–water partition coefficient (Wildman–Crippen LogP) is 4.98. The monoisotopic (exact) mass is 292 g/mol. The molecule has 102 valence electrons. The van der Waals surface area contributed by atoms with Crippen LogP contribution >= 0.6 is 11.6 Å². The number of hydrogen-bond acceptors (Lipinski definition) is 2. The molecule has 0 saturated heterocycles. The lowest BCUT2D eigenvalue weighted by Gasteiger charge is -2.09. The summed E-state index contributed by atoms with van der Waals surface area (Å²) >= 11 is 6.16. The molecular formula is C18H13ClN2. The lowest BCUT2D eigenvalue weighted by Crippen LogP contribution is -2.00. The van der Waals surface area contributed by atoms with Crippen LogP contribution in [0, 0.1) is 11.3 Å². The molecule has 0 saturated carbocycles. The second-order valence-electron chi connectivity index (χ2n) is 4.84. The minimum Gasteiger partial charge on any atom is -0.380 e. The molecule has 0 aromatic heterocycles. The molecule has 0 aliphatic heterocycles. The van der Waals surface area contributed by atoms with E-state index in [0.29, 0.717) is 17.1 Å². The highest BCUT2D eigenvalue weighted by atomic mass is 35.5. The molecule has 0 radical (unpaired) electrons. The number of nitrogens with one attached hydrogen (secondary N) is 1. The minimum absolute atomic E-state index is 0.565. The average Bonchev–Trinajstić information content (AvgIpc) is 2.53. The standard InChI is InChI=1S/C18H13ClN2/c19-17-10-13(11-20)6-8-18(17)21-12-14-5-7-15-3-1-2-4-16(15)9-14/h1-10,21H,12H2. The van der Waals surface area contributed by atoms with Crippen LogP contribution in [-0.2, 0) is 6.54 Å². The molecule has 0 unspecified atom stereocenters. The van der Waals surface area contributed by atoms with E-state index >= 15 is 0 Å². The van der Waals surface area contributed by atoms with Gasteiger partial charge in [0.05, 0.1) is 22.3 Å². The third-order valence-electron chi connectivity index (χ3n) is 3.40. The summed E-state index contributed by atoms with van der Waals surface area (Å²) in [6.45, 7) is 0.691. The Morgan fingerprint density at radius 1 is 0.952 bits per heavy atom. The fourth-order valence-electron chi connectivity index (χ4n) is 2.27. The third kappa shape index (κ3) is 2.99. The Kier molecular flexibility index (Phi) is 3.77. The number of hydrogen-bond donors (Lipinski definition) is 1. The fraction of sp³-hybridized carbons (Fsp3) is 0.0556. The molecule has 0 spiro atoms. The highest BCUT2D eigenvalue weighted by molar-refractivity contribution is 6.33. The van der Waals surface area contributed by atoms with Crippen molar-refractivity contribution in [3.05, 3.63) is 76.8 Å². The van der Waals surface area contributed by atoms with E-state index in [2.05, 4.69) is 41.7 Å². The van der Waals surface area contributed by atoms with Crippen LogP contribution in [0.4, 0.5) is 5.69 Å². The predicted molar refractivity (Wildman–Crippen MR) is 87.4 cm³/mol. The first-order chi connectivity index (χ1) is 10.3. The maximum Gasteiger partial charge on any atom is 0.0992 e. The number of fused-ring (bicyclic) bond motifs is 1. The Bertz CT molecular complexity index is 834. The molecule has 0 aliphatic rings. The van der Waals surface area contributed by atoms with Gasteiger partial charge in [0.1, 0.15) is 0 Å². The van der Waals surface area contributed by atoms with Crippen molar-refractivity contribution in [2.45, 2.75) is 6.54 Å². The van der Waals surface area contributed by atoms with Crippen LogP contribution in [0.15, 0.2) is 60.7 Å². The van der Waals surface area contributed by atoms with E-state index in [0.717, 1.165) is 5.69 Å². The lowest BCUT2D eigenvalue weighted by atomic mass is 10.1. The summed E-state index contributed by atoms with van der Waals surface area (Å²) in [4.78, 5) is 0. The maximum atomic E-state index is 8.83. The molecule has 21 heavy (non-hydrogen) atoms. The fourth-order valence-corrected chi connectivity index (χ4v) is 2.52. The molecule has 0 atom stereocenters. The summed E-state index contributed by atoms with van der Waals surface area (Å²) < 4.78 is 0. The van der Waals surface area contributed by atoms with Crippen LogP contribution < -0.4 is 5.32 Å². The van der Waals surface area contributed by atoms with Gasteiger partial charge in [0.2, 0.25) is 0 Å². The summed E-state index contributed by atoms with van der Waals surface area (Å²) in [6.07, 6.45) is 0. The molecule has 1 N–H and O–H groups in total. The Balaban J connectivity index is 1.78. The second kappa shape index (κ2) is 5.87. The van der Waals surface area contributed by atoms with Crippen molar-refractivity contribution in [3.63, 3.8) is 0 Å². The molecule has 3 heteroatoms. The molecule has 3 rings (SSSR count). The van der Waals surface area contributed by atoms with E-state index in [9.17, 15) is 0 Å². The minimum atomic E-state index is 0.565. The highest BCUT2D eigenvalue weighted by Gasteiger charge is 2.02. The molecule has 0 heterocycles. The van der Waals surface area contributed by atoms with Gasteiger partial charge >= 0.3 is 0 Å². The van der Waals surface area contributed by atoms with Gasteiger partial charge in [0, 0.05) is 6.54 Å². The molecule has 0 fully saturated rings. The SMILES string of the molecule is N#Cc1ccc(NCc2ccc3ccccc3c2)c(Cl)c1. The van der Waals surface area contributed by atoms with Crippen molar-refractivity contribution in [2.24, 2.45) is 0 Å². The first kappa shape index (κ1) is 13.5. The van der Waals surface area contributed by atoms with Gasteiger partial charge in [-0.3, -0.25) is 0 Å². The van der Waals surface area contributed by atoms with Crippen LogP contribution in [-0.4, -0.2) is 0 Å². The summed E-state index contributed by atoms with van der Waals surface area (Å²) in [6, 6.07) is 22.0. The van der Waals surface area contributed by atoms with Gasteiger partial charge in [0.25, 0.3) is 0 Å². The first-order valence-electron chi connectivity index (χ1n) is 6.67. The summed E-state index contributed by atoms with van der Waals surface area (Å²) in [7, 11) is 0. The summed E-state index contributed by atoms with van der Waals surface area (Å²) in [5, 5.41) is 15.2. The first-order valence-corrected chi connectivity index (χ1v) is 7.05. The Labute approximate surface area is 128 Å². The molecule has 0 amide bonds.